The molecule has 28 heavy (non-hydrogen) atoms. The average molecular weight is 420 g/mol. The lowest BCUT2D eigenvalue weighted by molar-refractivity contribution is -0.116. The Morgan fingerprint density at radius 2 is 2.04 bits per heavy atom. The molecule has 0 saturated carbocycles. The molecule has 0 aliphatic carbocycles. The summed E-state index contributed by atoms with van der Waals surface area (Å²) >= 11 is 1.37. The number of hydrogen-bond acceptors (Lipinski definition) is 6. The summed E-state index contributed by atoms with van der Waals surface area (Å²) in [6.45, 7) is 3.37. The van der Waals surface area contributed by atoms with Crippen LogP contribution in [0.25, 0.3) is 10.1 Å². The van der Waals surface area contributed by atoms with Gasteiger partial charge in [0.1, 0.15) is 5.75 Å². The lowest BCUT2D eigenvalue weighted by atomic mass is 10.2. The zero-order valence-corrected chi connectivity index (χ0v) is 17.4. The minimum atomic E-state index is -3.80. The number of methoxy groups -OCH3 is 1. The van der Waals surface area contributed by atoms with Crippen molar-refractivity contribution in [2.24, 2.45) is 0 Å². The van der Waals surface area contributed by atoms with Crippen molar-refractivity contribution in [1.29, 1.82) is 0 Å². The van der Waals surface area contributed by atoms with Gasteiger partial charge in [0.15, 0.2) is 0 Å². The summed E-state index contributed by atoms with van der Waals surface area (Å²) in [6.07, 6.45) is 1.73. The van der Waals surface area contributed by atoms with Gasteiger partial charge in [0.2, 0.25) is 15.9 Å². The molecular formula is C19H21N3O4S2. The van der Waals surface area contributed by atoms with E-state index in [2.05, 4.69) is 9.69 Å². The van der Waals surface area contributed by atoms with Crippen molar-refractivity contribution in [3.8, 4) is 5.75 Å². The maximum atomic E-state index is 12.9. The Balaban J connectivity index is 1.76. The third-order valence-corrected chi connectivity index (χ3v) is 7.01. The van der Waals surface area contributed by atoms with E-state index in [-0.39, 0.29) is 18.0 Å². The molecule has 148 valence electrons. The quantitative estimate of drug-likeness (QED) is 0.635. The van der Waals surface area contributed by atoms with Crippen LogP contribution < -0.4 is 10.1 Å². The van der Waals surface area contributed by atoms with Gasteiger partial charge in [-0.05, 0) is 60.4 Å². The van der Waals surface area contributed by atoms with Crippen LogP contribution in [0.5, 0.6) is 5.75 Å². The number of aryl methyl sites for hydroxylation is 1. The molecule has 1 aromatic heterocycles. The average Bonchev–Trinajstić information content (AvgIpc) is 3.13. The van der Waals surface area contributed by atoms with E-state index >= 15 is 0 Å². The Morgan fingerprint density at radius 3 is 2.71 bits per heavy atom. The summed E-state index contributed by atoms with van der Waals surface area (Å²) in [4.78, 5) is 12.6. The number of amides is 1. The molecule has 1 N–H and O–H groups in total. The number of nitrogens with zero attached hydrogens (tertiary/aromatic N) is 2. The van der Waals surface area contributed by atoms with Gasteiger partial charge in [-0.1, -0.05) is 6.92 Å². The summed E-state index contributed by atoms with van der Waals surface area (Å²) < 4.78 is 37.3. The van der Waals surface area contributed by atoms with Gasteiger partial charge >= 0.3 is 0 Å². The number of likely N-dealkylation sites (N-methyl/N-ethyl adjacent to an activating group) is 1. The summed E-state index contributed by atoms with van der Waals surface area (Å²) in [5, 5.41) is 3.68. The smallest absolute Gasteiger partial charge is 0.243 e. The first-order valence-corrected chi connectivity index (χ1v) is 10.9. The number of benzene rings is 2. The molecule has 3 aromatic rings. The van der Waals surface area contributed by atoms with E-state index in [1.807, 2.05) is 12.1 Å². The SMILES string of the molecule is CCN(CC(=O)Nc1ccc2sncc2c1)S(=O)(=O)c1ccc(OC)c(C)c1. The molecule has 1 amide bonds. The maximum Gasteiger partial charge on any atom is 0.243 e. The van der Waals surface area contributed by atoms with Crippen LogP contribution in [0.3, 0.4) is 0 Å². The molecular weight excluding hydrogens is 398 g/mol. The monoisotopic (exact) mass is 419 g/mol. The van der Waals surface area contributed by atoms with E-state index in [4.69, 9.17) is 4.74 Å². The van der Waals surface area contributed by atoms with E-state index in [0.717, 1.165) is 14.4 Å². The number of ether oxygens (including phenoxy) is 1. The van der Waals surface area contributed by atoms with E-state index in [9.17, 15) is 13.2 Å². The number of fused-ring (bicyclic) bond motifs is 1. The molecule has 0 spiro atoms. The molecule has 0 bridgehead atoms. The Hall–Kier alpha value is -2.49. The van der Waals surface area contributed by atoms with Crippen molar-refractivity contribution in [3.05, 3.63) is 48.2 Å². The van der Waals surface area contributed by atoms with Crippen LogP contribution in [-0.2, 0) is 14.8 Å². The van der Waals surface area contributed by atoms with Gasteiger partial charge in [-0.2, -0.15) is 8.68 Å². The van der Waals surface area contributed by atoms with Crippen LogP contribution in [0.2, 0.25) is 0 Å². The fourth-order valence-corrected chi connectivity index (χ4v) is 4.95. The second-order valence-corrected chi connectivity index (χ2v) is 8.96. The highest BCUT2D eigenvalue weighted by Crippen LogP contribution is 2.24. The molecule has 3 rings (SSSR count). The van der Waals surface area contributed by atoms with Crippen molar-refractivity contribution in [2.45, 2.75) is 18.7 Å². The largest absolute Gasteiger partial charge is 0.496 e. The molecule has 0 aliphatic rings. The Bertz CT molecular complexity index is 1110. The number of carbonyl (C=O) groups excluding carboxylic acids is 1. The lowest BCUT2D eigenvalue weighted by Crippen LogP contribution is -2.37. The molecule has 0 fully saturated rings. The van der Waals surface area contributed by atoms with Gasteiger partial charge < -0.3 is 10.1 Å². The molecule has 0 unspecified atom stereocenters. The van der Waals surface area contributed by atoms with E-state index in [1.165, 1.54) is 24.7 Å². The number of aromatic nitrogens is 1. The van der Waals surface area contributed by atoms with Crippen molar-refractivity contribution in [3.63, 3.8) is 0 Å². The Morgan fingerprint density at radius 1 is 1.25 bits per heavy atom. The third kappa shape index (κ3) is 4.16. The first-order chi connectivity index (χ1) is 13.3. The first kappa shape index (κ1) is 20.2. The fourth-order valence-electron chi connectivity index (χ4n) is 2.84. The Labute approximate surface area is 168 Å². The van der Waals surface area contributed by atoms with E-state index < -0.39 is 15.9 Å². The minimum absolute atomic E-state index is 0.131. The predicted molar refractivity (Wildman–Crippen MR) is 110 cm³/mol. The number of nitrogens with one attached hydrogen (secondary N) is 1. The summed E-state index contributed by atoms with van der Waals surface area (Å²) in [5.74, 6) is 0.205. The lowest BCUT2D eigenvalue weighted by Gasteiger charge is -2.20. The second kappa shape index (κ2) is 8.26. The fraction of sp³-hybridized carbons (Fsp3) is 0.263. The molecule has 0 aliphatic heterocycles. The molecule has 0 saturated heterocycles. The molecule has 7 nitrogen and oxygen atoms in total. The van der Waals surface area contributed by atoms with E-state index in [0.29, 0.717) is 17.0 Å². The molecule has 2 aromatic carbocycles. The summed E-state index contributed by atoms with van der Waals surface area (Å²) in [6, 6.07) is 10.1. The second-order valence-electron chi connectivity index (χ2n) is 6.19. The molecule has 0 atom stereocenters. The Kier molecular flexibility index (Phi) is 5.97. The van der Waals surface area contributed by atoms with Gasteiger partial charge in [0.25, 0.3) is 0 Å². The number of anilines is 1. The zero-order valence-electron chi connectivity index (χ0n) is 15.8. The minimum Gasteiger partial charge on any atom is -0.496 e. The van der Waals surface area contributed by atoms with Gasteiger partial charge in [-0.25, -0.2) is 8.42 Å². The standard InChI is InChI=1S/C19H21N3O4S2/c1-4-22(28(24,25)16-6-7-17(26-3)13(2)9-16)12-19(23)21-15-5-8-18-14(10-15)11-20-27-18/h5-11H,4,12H2,1-3H3,(H,21,23). The summed E-state index contributed by atoms with van der Waals surface area (Å²) in [5.41, 5.74) is 1.31. The van der Waals surface area contributed by atoms with Crippen molar-refractivity contribution in [1.82, 2.24) is 8.68 Å². The first-order valence-electron chi connectivity index (χ1n) is 8.64. The van der Waals surface area contributed by atoms with Crippen molar-refractivity contribution >= 4 is 43.2 Å². The van der Waals surface area contributed by atoms with Crippen molar-refractivity contribution < 1.29 is 17.9 Å². The van der Waals surface area contributed by atoms with Gasteiger partial charge in [0.05, 0.1) is 23.2 Å². The number of rotatable bonds is 7. The number of carbonyl (C=O) groups is 1. The molecule has 9 heteroatoms. The molecule has 0 radical (unpaired) electrons. The van der Waals surface area contributed by atoms with Crippen LogP contribution in [0, 0.1) is 6.92 Å². The van der Waals surface area contributed by atoms with Crippen molar-refractivity contribution in [2.75, 3.05) is 25.5 Å². The van der Waals surface area contributed by atoms with Crippen LogP contribution >= 0.6 is 11.5 Å². The predicted octanol–water partition coefficient (Wildman–Crippen LogP) is 3.26. The highest BCUT2D eigenvalue weighted by molar-refractivity contribution is 7.89. The number of hydrogen-bond donors (Lipinski definition) is 1. The summed E-state index contributed by atoms with van der Waals surface area (Å²) in [7, 11) is -2.27. The van der Waals surface area contributed by atoms with Gasteiger partial charge in [-0.15, -0.1) is 0 Å². The maximum absolute atomic E-state index is 12.9. The van der Waals surface area contributed by atoms with Gasteiger partial charge in [-0.3, -0.25) is 4.79 Å². The van der Waals surface area contributed by atoms with Crippen LogP contribution in [0.4, 0.5) is 5.69 Å². The third-order valence-electron chi connectivity index (χ3n) is 4.31. The normalized spacial score (nSPS) is 11.7. The van der Waals surface area contributed by atoms with Crippen LogP contribution in [0.15, 0.2) is 47.5 Å². The number of sulfonamides is 1. The van der Waals surface area contributed by atoms with Crippen LogP contribution in [0.1, 0.15) is 12.5 Å². The van der Waals surface area contributed by atoms with E-state index in [1.54, 1.807) is 38.2 Å². The highest BCUT2D eigenvalue weighted by Gasteiger charge is 2.26. The van der Waals surface area contributed by atoms with Crippen LogP contribution in [-0.4, -0.2) is 43.2 Å². The topological polar surface area (TPSA) is 88.6 Å². The molecule has 1 heterocycles. The zero-order chi connectivity index (χ0) is 20.3. The van der Waals surface area contributed by atoms with Gasteiger partial charge in [0, 0.05) is 23.8 Å². The highest BCUT2D eigenvalue weighted by atomic mass is 32.2.